The van der Waals surface area contributed by atoms with Crippen molar-refractivity contribution in [2.24, 2.45) is 7.05 Å². The molecule has 0 saturated heterocycles. The molecular weight excluding hydrogens is 370 g/mol. The summed E-state index contributed by atoms with van der Waals surface area (Å²) < 4.78 is 14.7. The molecule has 1 N–H and O–H groups in total. The summed E-state index contributed by atoms with van der Waals surface area (Å²) in [6.07, 6.45) is 10.1. The van der Waals surface area contributed by atoms with E-state index in [9.17, 15) is 4.79 Å². The third-order valence-electron chi connectivity index (χ3n) is 4.01. The van der Waals surface area contributed by atoms with Crippen LogP contribution in [-0.2, 0) is 18.4 Å². The van der Waals surface area contributed by atoms with E-state index in [1.165, 1.54) is 6.08 Å². The lowest BCUT2D eigenvalue weighted by molar-refractivity contribution is -0.111. The number of nitrogens with zero attached hydrogens (tertiary/aromatic N) is 4. The standard InChI is InChI=1S/C21H25N5O3/c1-4-28-19-8-6-16(10-20(19)29-5-2)14-26-15-18(12-23-26)24-21(27)9-7-17-11-22-25(3)13-17/h6-13,15H,4-5,14H2,1-3H3,(H,24,27)/b9-7+. The van der Waals surface area contributed by atoms with Crippen molar-refractivity contribution in [3.05, 3.63) is 60.2 Å². The molecule has 0 fully saturated rings. The summed E-state index contributed by atoms with van der Waals surface area (Å²) in [5.41, 5.74) is 2.51. The highest BCUT2D eigenvalue weighted by molar-refractivity contribution is 6.01. The van der Waals surface area contributed by atoms with Gasteiger partial charge < -0.3 is 14.8 Å². The van der Waals surface area contributed by atoms with Gasteiger partial charge in [0.15, 0.2) is 11.5 Å². The zero-order chi connectivity index (χ0) is 20.6. The molecule has 1 aromatic carbocycles. The fraction of sp³-hybridized carbons (Fsp3) is 0.286. The second-order valence-corrected chi connectivity index (χ2v) is 6.34. The molecule has 0 radical (unpaired) electrons. The van der Waals surface area contributed by atoms with E-state index in [2.05, 4.69) is 15.5 Å². The van der Waals surface area contributed by atoms with Crippen molar-refractivity contribution in [1.82, 2.24) is 19.6 Å². The first-order valence-electron chi connectivity index (χ1n) is 9.46. The van der Waals surface area contributed by atoms with E-state index >= 15 is 0 Å². The predicted octanol–water partition coefficient (Wildman–Crippen LogP) is 3.11. The summed E-state index contributed by atoms with van der Waals surface area (Å²) in [4.78, 5) is 12.1. The van der Waals surface area contributed by atoms with Crippen LogP contribution in [0.2, 0.25) is 0 Å². The minimum atomic E-state index is -0.229. The summed E-state index contributed by atoms with van der Waals surface area (Å²) in [7, 11) is 1.83. The molecule has 0 aliphatic rings. The second kappa shape index (κ2) is 9.59. The number of benzene rings is 1. The number of hydrogen-bond acceptors (Lipinski definition) is 5. The molecule has 3 rings (SSSR count). The highest BCUT2D eigenvalue weighted by Crippen LogP contribution is 2.28. The maximum atomic E-state index is 12.1. The first kappa shape index (κ1) is 20.2. The minimum Gasteiger partial charge on any atom is -0.490 e. The molecule has 152 valence electrons. The maximum Gasteiger partial charge on any atom is 0.248 e. The normalized spacial score (nSPS) is 11.0. The predicted molar refractivity (Wildman–Crippen MR) is 111 cm³/mol. The van der Waals surface area contributed by atoms with Crippen LogP contribution in [0, 0.1) is 0 Å². The van der Waals surface area contributed by atoms with Crippen LogP contribution in [0.15, 0.2) is 49.1 Å². The maximum absolute atomic E-state index is 12.1. The lowest BCUT2D eigenvalue weighted by Gasteiger charge is -2.12. The summed E-state index contributed by atoms with van der Waals surface area (Å²) in [5, 5.41) is 11.2. The molecule has 0 spiro atoms. The average molecular weight is 395 g/mol. The van der Waals surface area contributed by atoms with Gasteiger partial charge in [-0.2, -0.15) is 10.2 Å². The molecule has 2 heterocycles. The number of carbonyl (C=O) groups excluding carboxylic acids is 1. The van der Waals surface area contributed by atoms with Gasteiger partial charge in [-0.25, -0.2) is 0 Å². The van der Waals surface area contributed by atoms with E-state index in [-0.39, 0.29) is 5.91 Å². The summed E-state index contributed by atoms with van der Waals surface area (Å²) in [6.45, 7) is 5.57. The highest BCUT2D eigenvalue weighted by atomic mass is 16.5. The Morgan fingerprint density at radius 1 is 1.10 bits per heavy atom. The summed E-state index contributed by atoms with van der Waals surface area (Å²) in [6, 6.07) is 5.83. The van der Waals surface area contributed by atoms with Crippen molar-refractivity contribution >= 4 is 17.7 Å². The van der Waals surface area contributed by atoms with Crippen LogP contribution in [0.4, 0.5) is 5.69 Å². The lowest BCUT2D eigenvalue weighted by atomic mass is 10.2. The number of nitrogens with one attached hydrogen (secondary N) is 1. The number of rotatable bonds is 9. The number of anilines is 1. The molecule has 1 amide bonds. The van der Waals surface area contributed by atoms with Crippen LogP contribution >= 0.6 is 0 Å². The molecule has 8 heteroatoms. The van der Waals surface area contributed by atoms with E-state index < -0.39 is 0 Å². The van der Waals surface area contributed by atoms with E-state index in [1.807, 2.05) is 45.3 Å². The molecule has 0 aliphatic carbocycles. The lowest BCUT2D eigenvalue weighted by Crippen LogP contribution is -2.07. The van der Waals surface area contributed by atoms with Gasteiger partial charge in [-0.15, -0.1) is 0 Å². The third kappa shape index (κ3) is 5.71. The largest absolute Gasteiger partial charge is 0.490 e. The van der Waals surface area contributed by atoms with Crippen molar-refractivity contribution < 1.29 is 14.3 Å². The van der Waals surface area contributed by atoms with Gasteiger partial charge in [0.2, 0.25) is 5.91 Å². The van der Waals surface area contributed by atoms with Gasteiger partial charge in [-0.05, 0) is 37.6 Å². The zero-order valence-corrected chi connectivity index (χ0v) is 16.8. The molecule has 3 aromatic rings. The van der Waals surface area contributed by atoms with Gasteiger partial charge in [0.05, 0.1) is 37.8 Å². The van der Waals surface area contributed by atoms with Crippen LogP contribution in [0.5, 0.6) is 11.5 Å². The number of carbonyl (C=O) groups is 1. The molecule has 2 aromatic heterocycles. The average Bonchev–Trinajstić information content (AvgIpc) is 3.31. The van der Waals surface area contributed by atoms with Crippen molar-refractivity contribution in [1.29, 1.82) is 0 Å². The van der Waals surface area contributed by atoms with Gasteiger partial charge in [-0.1, -0.05) is 6.07 Å². The van der Waals surface area contributed by atoms with Crippen LogP contribution in [0.1, 0.15) is 25.0 Å². The quantitative estimate of drug-likeness (QED) is 0.563. The Hall–Kier alpha value is -3.55. The van der Waals surface area contributed by atoms with Crippen molar-refractivity contribution in [3.8, 4) is 11.5 Å². The van der Waals surface area contributed by atoms with Crippen LogP contribution in [0.3, 0.4) is 0 Å². The number of aromatic nitrogens is 4. The van der Waals surface area contributed by atoms with Crippen molar-refractivity contribution in [2.45, 2.75) is 20.4 Å². The first-order valence-corrected chi connectivity index (χ1v) is 9.46. The molecule has 8 nitrogen and oxygen atoms in total. The SMILES string of the molecule is CCOc1ccc(Cn2cc(NC(=O)/C=C/c3cnn(C)c3)cn2)cc1OCC. The van der Waals surface area contributed by atoms with Gasteiger partial charge in [-0.3, -0.25) is 14.2 Å². The van der Waals surface area contributed by atoms with Gasteiger partial charge in [0, 0.05) is 31.1 Å². The van der Waals surface area contributed by atoms with Crippen LogP contribution in [-0.4, -0.2) is 38.7 Å². The smallest absolute Gasteiger partial charge is 0.248 e. The fourth-order valence-electron chi connectivity index (χ4n) is 2.78. The Kier molecular flexibility index (Phi) is 6.67. The summed E-state index contributed by atoms with van der Waals surface area (Å²) in [5.74, 6) is 1.22. The molecule has 0 saturated carbocycles. The molecule has 0 unspecified atom stereocenters. The van der Waals surface area contributed by atoms with Crippen LogP contribution < -0.4 is 14.8 Å². The van der Waals surface area contributed by atoms with Crippen molar-refractivity contribution in [2.75, 3.05) is 18.5 Å². The molecule has 0 bridgehead atoms. The van der Waals surface area contributed by atoms with Gasteiger partial charge in [0.1, 0.15) is 0 Å². The second-order valence-electron chi connectivity index (χ2n) is 6.34. The number of aryl methyl sites for hydroxylation is 1. The number of amides is 1. The number of hydrogen-bond donors (Lipinski definition) is 1. The van der Waals surface area contributed by atoms with E-state index in [0.29, 0.717) is 31.2 Å². The molecule has 0 atom stereocenters. The van der Waals surface area contributed by atoms with Crippen molar-refractivity contribution in [3.63, 3.8) is 0 Å². The number of ether oxygens (including phenoxy) is 2. The van der Waals surface area contributed by atoms with Crippen LogP contribution in [0.25, 0.3) is 6.08 Å². The minimum absolute atomic E-state index is 0.229. The zero-order valence-electron chi connectivity index (χ0n) is 16.8. The molecule has 0 aliphatic heterocycles. The van der Waals surface area contributed by atoms with E-state index in [4.69, 9.17) is 9.47 Å². The molecular formula is C21H25N5O3. The van der Waals surface area contributed by atoms with E-state index in [0.717, 1.165) is 16.9 Å². The third-order valence-corrected chi connectivity index (χ3v) is 4.01. The Morgan fingerprint density at radius 2 is 1.90 bits per heavy atom. The fourth-order valence-corrected chi connectivity index (χ4v) is 2.78. The highest BCUT2D eigenvalue weighted by Gasteiger charge is 2.08. The Morgan fingerprint density at radius 3 is 2.62 bits per heavy atom. The molecule has 29 heavy (non-hydrogen) atoms. The monoisotopic (exact) mass is 395 g/mol. The van der Waals surface area contributed by atoms with Gasteiger partial charge in [0.25, 0.3) is 0 Å². The Labute approximate surface area is 169 Å². The summed E-state index contributed by atoms with van der Waals surface area (Å²) >= 11 is 0. The van der Waals surface area contributed by atoms with E-state index in [1.54, 1.807) is 34.0 Å². The first-order chi connectivity index (χ1) is 14.1. The topological polar surface area (TPSA) is 83.2 Å². The van der Waals surface area contributed by atoms with Gasteiger partial charge >= 0.3 is 0 Å². The Bertz CT molecular complexity index is 990. The Balaban J connectivity index is 1.61.